The van der Waals surface area contributed by atoms with E-state index in [1.807, 2.05) is 14.1 Å². The average molecular weight is 649 g/mol. The van der Waals surface area contributed by atoms with Crippen LogP contribution in [0.5, 0.6) is 0 Å². The fourth-order valence-electron chi connectivity index (χ4n) is 7.55. The van der Waals surface area contributed by atoms with Crippen LogP contribution in [0.4, 0.5) is 9.59 Å². The normalized spacial score (nSPS) is 29.1. The number of fused-ring (bicyclic) bond motifs is 6. The Balaban J connectivity index is 0.985. The molecule has 0 radical (unpaired) electrons. The number of nitrogens with one attached hydrogen (secondary N) is 2. The third kappa shape index (κ3) is 4.77. The fourth-order valence-corrected chi connectivity index (χ4v) is 8.30. The molecule has 4 saturated heterocycles. The Hall–Kier alpha value is -3.39. The Morgan fingerprint density at radius 2 is 1.18 bits per heavy atom. The van der Waals surface area contributed by atoms with Crippen molar-refractivity contribution >= 4 is 22.5 Å². The molecule has 4 atom stereocenters. The average Bonchev–Trinajstić information content (AvgIpc) is 3.74. The Morgan fingerprint density at radius 1 is 0.756 bits per heavy atom. The highest BCUT2D eigenvalue weighted by atomic mass is 32.3. The van der Waals surface area contributed by atoms with Gasteiger partial charge in [0.15, 0.2) is 0 Å². The molecule has 18 nitrogen and oxygen atoms in total. The van der Waals surface area contributed by atoms with Crippen LogP contribution in [-0.4, -0.2) is 113 Å². The van der Waals surface area contributed by atoms with Crippen LogP contribution in [0, 0.1) is 10.8 Å². The van der Waals surface area contributed by atoms with E-state index in [1.54, 1.807) is 0 Å². The first-order valence-electron chi connectivity index (χ1n) is 15.4. The lowest BCUT2D eigenvalue weighted by molar-refractivity contribution is -0.101. The Labute approximate surface area is 259 Å². The van der Waals surface area contributed by atoms with Gasteiger partial charge in [-0.05, 0) is 63.5 Å². The molecule has 0 aromatic carbocycles. The van der Waals surface area contributed by atoms with E-state index in [2.05, 4.69) is 31.0 Å². The van der Waals surface area contributed by atoms with Crippen molar-refractivity contribution in [1.29, 1.82) is 0 Å². The first kappa shape index (κ1) is 29.0. The molecule has 2 saturated carbocycles. The highest BCUT2D eigenvalue weighted by molar-refractivity contribution is 7.81. The van der Waals surface area contributed by atoms with Crippen LogP contribution in [0.25, 0.3) is 0 Å². The van der Waals surface area contributed by atoms with Crippen LogP contribution in [0.1, 0.15) is 74.2 Å². The predicted octanol–water partition coefficient (Wildman–Crippen LogP) is 0.447. The van der Waals surface area contributed by atoms with E-state index in [4.69, 9.17) is 17.4 Å². The Kier molecular flexibility index (Phi) is 6.65. The van der Waals surface area contributed by atoms with Crippen molar-refractivity contribution in [2.24, 2.45) is 10.8 Å². The number of rotatable bonds is 12. The van der Waals surface area contributed by atoms with Gasteiger partial charge in [0.25, 0.3) is 0 Å². The molecule has 4 aliphatic heterocycles. The van der Waals surface area contributed by atoms with Crippen molar-refractivity contribution in [1.82, 2.24) is 51.0 Å². The number of amides is 4. The monoisotopic (exact) mass is 648 g/mol. The lowest BCUT2D eigenvalue weighted by Gasteiger charge is -2.35. The Bertz CT molecular complexity index is 1500. The van der Waals surface area contributed by atoms with Crippen molar-refractivity contribution in [3.05, 3.63) is 23.6 Å². The van der Waals surface area contributed by atoms with Crippen molar-refractivity contribution in [2.45, 2.75) is 75.5 Å². The number of carbonyl (C=O) groups is 2. The molecule has 2 spiro atoms. The molecule has 4 bridgehead atoms. The van der Waals surface area contributed by atoms with Crippen molar-refractivity contribution in [3.63, 3.8) is 0 Å². The maximum absolute atomic E-state index is 13.6. The molecule has 2 aromatic rings. The molecule has 6 heterocycles. The molecule has 6 fully saturated rings. The van der Waals surface area contributed by atoms with E-state index >= 15 is 0 Å². The number of piperidine rings is 2. The number of hydroxylamine groups is 4. The summed E-state index contributed by atoms with van der Waals surface area (Å²) in [5, 5.41) is 24.5. The number of carbonyl (C=O) groups excluding carboxylic acids is 2. The van der Waals surface area contributed by atoms with Gasteiger partial charge in [-0.25, -0.2) is 9.59 Å². The first-order chi connectivity index (χ1) is 21.7. The number of aromatic nitrogens is 4. The van der Waals surface area contributed by atoms with Crippen LogP contribution in [0.3, 0.4) is 0 Å². The summed E-state index contributed by atoms with van der Waals surface area (Å²) >= 11 is 0. The number of hydrogen-bond acceptors (Lipinski definition) is 14. The summed E-state index contributed by atoms with van der Waals surface area (Å²) in [5.74, 6) is 1.57. The zero-order valence-corrected chi connectivity index (χ0v) is 25.9. The van der Waals surface area contributed by atoms with Gasteiger partial charge in [0.1, 0.15) is 12.1 Å². The molecule has 4 amide bonds. The molecule has 6 aliphatic rings. The highest BCUT2D eigenvalue weighted by Crippen LogP contribution is 2.63. The third-order valence-electron chi connectivity index (χ3n) is 10.4. The van der Waals surface area contributed by atoms with E-state index in [-0.39, 0.29) is 23.9 Å². The van der Waals surface area contributed by atoms with Crippen LogP contribution in [0.2, 0.25) is 0 Å². The lowest BCUT2D eigenvalue weighted by atomic mass is 9.85. The van der Waals surface area contributed by atoms with E-state index in [9.17, 15) is 18.0 Å². The summed E-state index contributed by atoms with van der Waals surface area (Å²) in [6.45, 7) is 1.82. The van der Waals surface area contributed by atoms with Crippen molar-refractivity contribution < 1.29 is 35.4 Å². The molecular formula is C26H36N10O8S. The van der Waals surface area contributed by atoms with Gasteiger partial charge in [-0.15, -0.1) is 29.0 Å². The van der Waals surface area contributed by atoms with Gasteiger partial charge in [-0.3, -0.25) is 0 Å². The van der Waals surface area contributed by atoms with Gasteiger partial charge >= 0.3 is 22.5 Å². The van der Waals surface area contributed by atoms with Gasteiger partial charge in [-0.1, -0.05) is 0 Å². The number of urea groups is 2. The minimum atomic E-state index is -4.87. The minimum absolute atomic E-state index is 0.248. The second-order valence-corrected chi connectivity index (χ2v) is 14.2. The number of likely N-dealkylation sites (N-methyl/N-ethyl adjacent to an activating group) is 2. The maximum atomic E-state index is 13.6. The maximum Gasteiger partial charge on any atom is 0.442 e. The summed E-state index contributed by atoms with van der Waals surface area (Å²) in [6.07, 6.45) is 5.40. The molecular weight excluding hydrogens is 612 g/mol. The summed E-state index contributed by atoms with van der Waals surface area (Å²) in [5.41, 5.74) is -0.675. The predicted molar refractivity (Wildman–Crippen MR) is 148 cm³/mol. The van der Waals surface area contributed by atoms with Gasteiger partial charge in [0, 0.05) is 39.0 Å². The molecule has 45 heavy (non-hydrogen) atoms. The first-order valence-corrected chi connectivity index (χ1v) is 16.8. The smallest absolute Gasteiger partial charge is 0.423 e. The van der Waals surface area contributed by atoms with Gasteiger partial charge in [0.05, 0.1) is 12.1 Å². The van der Waals surface area contributed by atoms with E-state index in [1.165, 1.54) is 9.80 Å². The quantitative estimate of drug-likeness (QED) is 0.321. The van der Waals surface area contributed by atoms with Crippen LogP contribution in [0.15, 0.2) is 8.83 Å². The van der Waals surface area contributed by atoms with Gasteiger partial charge in [0.2, 0.25) is 23.6 Å². The van der Waals surface area contributed by atoms with Crippen molar-refractivity contribution in [2.75, 3.05) is 40.3 Å². The van der Waals surface area contributed by atoms with Crippen LogP contribution < -0.4 is 10.6 Å². The summed E-state index contributed by atoms with van der Waals surface area (Å²) in [6, 6.07) is -3.25. The summed E-state index contributed by atoms with van der Waals surface area (Å²) in [7, 11) is -1.22. The molecule has 244 valence electrons. The largest absolute Gasteiger partial charge is 0.442 e. The molecule has 0 unspecified atom stereocenters. The molecule has 2 aromatic heterocycles. The topological polar surface area (TPSA) is 202 Å². The van der Waals surface area contributed by atoms with E-state index in [0.717, 1.165) is 35.8 Å². The Morgan fingerprint density at radius 3 is 1.56 bits per heavy atom. The molecule has 19 heteroatoms. The number of nitrogens with zero attached hydrogens (tertiary/aromatic N) is 8. The molecule has 8 rings (SSSR count). The zero-order valence-electron chi connectivity index (χ0n) is 25.0. The highest BCUT2D eigenvalue weighted by Gasteiger charge is 2.67. The summed E-state index contributed by atoms with van der Waals surface area (Å²) < 4.78 is 49.4. The SMILES string of the molecule is CNCCc1nnc([C@@H]2CC3(CC3)[C@@H]3CN2C(=O)N3OS(=O)(=O)ON2C(=O)N3C[C@H]2C2(CC2)C[C@H]3c2nnc(CCNC)o2)o1. The van der Waals surface area contributed by atoms with Crippen LogP contribution >= 0.6 is 0 Å². The van der Waals surface area contributed by atoms with Crippen LogP contribution in [-0.2, 0) is 31.8 Å². The number of hydrogen-bond donors (Lipinski definition) is 2. The standard InChI is InChI=1S/C26H36N10O8S/c1-27-9-3-19-29-31-21(41-19)15-11-25(5-6-25)17-13-33(15)23(37)35(17)43-45(39,40)44-36-18-14-34(24(36)38)16(12-26(18)7-8-26)22-32-30-20(42-22)4-10-28-2/h15-18,27-28H,3-14H2,1-2H3/t15-,16-,17-,18-/m0/s1. The molecule has 2 aliphatic carbocycles. The molecule has 2 N–H and O–H groups in total. The van der Waals surface area contributed by atoms with E-state index < -0.39 is 46.6 Å². The second kappa shape index (κ2) is 10.3. The second-order valence-electron chi connectivity index (χ2n) is 13.1. The van der Waals surface area contributed by atoms with E-state index in [0.29, 0.717) is 62.3 Å². The van der Waals surface area contributed by atoms with Gasteiger partial charge in [-0.2, -0.15) is 18.5 Å². The third-order valence-corrected chi connectivity index (χ3v) is 11.1. The zero-order chi connectivity index (χ0) is 31.1. The minimum Gasteiger partial charge on any atom is -0.423 e. The van der Waals surface area contributed by atoms with Crippen molar-refractivity contribution in [3.8, 4) is 0 Å². The fraction of sp³-hybridized carbons (Fsp3) is 0.769. The van der Waals surface area contributed by atoms with Gasteiger partial charge < -0.3 is 29.3 Å². The lowest BCUT2D eigenvalue weighted by Crippen LogP contribution is -2.45. The summed E-state index contributed by atoms with van der Waals surface area (Å²) in [4.78, 5) is 30.2.